The molecule has 0 saturated carbocycles. The molecule has 0 aliphatic carbocycles. The smallest absolute Gasteiger partial charge is 0.135 e. The topological polar surface area (TPSA) is 30.0 Å². The van der Waals surface area contributed by atoms with Crippen molar-refractivity contribution in [2.45, 2.75) is 34.1 Å². The predicted molar refractivity (Wildman–Crippen MR) is 76.1 cm³/mol. The van der Waals surface area contributed by atoms with E-state index in [1.807, 2.05) is 6.92 Å². The lowest BCUT2D eigenvalue weighted by molar-refractivity contribution is -0.116. The van der Waals surface area contributed by atoms with E-state index in [0.29, 0.717) is 6.42 Å². The zero-order chi connectivity index (χ0) is 13.3. The fourth-order valence-corrected chi connectivity index (χ4v) is 3.11. The number of carbonyl (C=O) groups excluding carboxylic acids is 1. The molecular formula is C15H17NOS. The summed E-state index contributed by atoms with van der Waals surface area (Å²) in [5.74, 6) is 0.189. The summed E-state index contributed by atoms with van der Waals surface area (Å²) in [6.07, 6.45) is 0.494. The van der Waals surface area contributed by atoms with Crippen LogP contribution in [0, 0.1) is 20.8 Å². The molecule has 0 fully saturated rings. The maximum absolute atomic E-state index is 11.2. The summed E-state index contributed by atoms with van der Waals surface area (Å²) in [6.45, 7) is 7.77. The molecule has 1 aromatic heterocycles. The fraction of sp³-hybridized carbons (Fsp3) is 0.333. The molecule has 0 atom stereocenters. The summed E-state index contributed by atoms with van der Waals surface area (Å²) in [5, 5.41) is 1.02. The Labute approximate surface area is 112 Å². The highest BCUT2D eigenvalue weighted by Gasteiger charge is 2.12. The van der Waals surface area contributed by atoms with Crippen LogP contribution in [0.25, 0.3) is 10.6 Å². The van der Waals surface area contributed by atoms with Crippen molar-refractivity contribution in [1.29, 1.82) is 0 Å². The Balaban J connectivity index is 2.45. The lowest BCUT2D eigenvalue weighted by atomic mass is 10.1. The Morgan fingerprint density at radius 2 is 2.00 bits per heavy atom. The predicted octanol–water partition coefficient (Wildman–Crippen LogP) is 3.87. The quantitative estimate of drug-likeness (QED) is 0.837. The Morgan fingerprint density at radius 1 is 1.28 bits per heavy atom. The van der Waals surface area contributed by atoms with E-state index in [0.717, 1.165) is 15.6 Å². The molecule has 0 saturated heterocycles. The Kier molecular flexibility index (Phi) is 3.62. The number of carbonyl (C=O) groups is 1. The van der Waals surface area contributed by atoms with Gasteiger partial charge in [-0.1, -0.05) is 17.7 Å². The van der Waals surface area contributed by atoms with Gasteiger partial charge >= 0.3 is 0 Å². The molecule has 0 spiro atoms. The molecule has 2 nitrogen and oxygen atoms in total. The van der Waals surface area contributed by atoms with Crippen LogP contribution >= 0.6 is 11.3 Å². The van der Waals surface area contributed by atoms with Gasteiger partial charge in [-0.25, -0.2) is 4.98 Å². The molecule has 0 aliphatic heterocycles. The number of ketones is 1. The lowest BCUT2D eigenvalue weighted by Crippen LogP contribution is -1.95. The number of thiazole rings is 1. The van der Waals surface area contributed by atoms with E-state index in [2.05, 4.69) is 37.0 Å². The Bertz CT molecular complexity index is 599. The van der Waals surface area contributed by atoms with Crippen molar-refractivity contribution < 1.29 is 4.79 Å². The fourth-order valence-electron chi connectivity index (χ4n) is 1.90. The number of benzene rings is 1. The third kappa shape index (κ3) is 2.67. The number of nitrogens with zero attached hydrogens (tertiary/aromatic N) is 1. The SMILES string of the molecule is CC(=O)Cc1sc(-c2cc(C)ccc2C)nc1C. The molecule has 0 N–H and O–H groups in total. The number of rotatable bonds is 3. The molecule has 18 heavy (non-hydrogen) atoms. The van der Waals surface area contributed by atoms with Crippen molar-refractivity contribution in [3.8, 4) is 10.6 Å². The van der Waals surface area contributed by atoms with E-state index in [1.54, 1.807) is 18.3 Å². The number of Topliss-reactive ketones (excluding diaryl/α,β-unsaturated/α-hetero) is 1. The van der Waals surface area contributed by atoms with Crippen molar-refractivity contribution in [3.63, 3.8) is 0 Å². The minimum atomic E-state index is 0.189. The number of hydrogen-bond acceptors (Lipinski definition) is 3. The van der Waals surface area contributed by atoms with Crippen LogP contribution in [0.15, 0.2) is 18.2 Å². The summed E-state index contributed by atoms with van der Waals surface area (Å²) in [4.78, 5) is 16.9. The van der Waals surface area contributed by atoms with Gasteiger partial charge in [0.05, 0.1) is 5.69 Å². The molecule has 3 heteroatoms. The molecule has 0 bridgehead atoms. The summed E-state index contributed by atoms with van der Waals surface area (Å²) in [5.41, 5.74) is 4.62. The van der Waals surface area contributed by atoms with E-state index in [4.69, 9.17) is 0 Å². The Hall–Kier alpha value is -1.48. The molecule has 0 amide bonds. The van der Waals surface area contributed by atoms with Crippen LogP contribution in [0.1, 0.15) is 28.6 Å². The van der Waals surface area contributed by atoms with Crippen molar-refractivity contribution in [1.82, 2.24) is 4.98 Å². The normalized spacial score (nSPS) is 10.7. The molecule has 2 aromatic rings. The summed E-state index contributed by atoms with van der Waals surface area (Å²) in [7, 11) is 0. The van der Waals surface area contributed by atoms with Gasteiger partial charge in [-0.3, -0.25) is 4.79 Å². The second-order valence-electron chi connectivity index (χ2n) is 4.72. The van der Waals surface area contributed by atoms with Gasteiger partial charge in [-0.05, 0) is 39.3 Å². The van der Waals surface area contributed by atoms with E-state index >= 15 is 0 Å². The van der Waals surface area contributed by atoms with Crippen LogP contribution in [0.5, 0.6) is 0 Å². The first-order valence-corrected chi connectivity index (χ1v) is 6.82. The van der Waals surface area contributed by atoms with E-state index in [1.165, 1.54) is 16.7 Å². The monoisotopic (exact) mass is 259 g/mol. The highest BCUT2D eigenvalue weighted by atomic mass is 32.1. The zero-order valence-electron chi connectivity index (χ0n) is 11.2. The molecule has 0 aliphatic rings. The maximum Gasteiger partial charge on any atom is 0.135 e. The third-order valence-corrected chi connectivity index (χ3v) is 4.12. The van der Waals surface area contributed by atoms with Crippen LogP contribution in [0.4, 0.5) is 0 Å². The average Bonchev–Trinajstić information content (AvgIpc) is 2.63. The molecule has 94 valence electrons. The summed E-state index contributed by atoms with van der Waals surface area (Å²) >= 11 is 1.63. The van der Waals surface area contributed by atoms with Gasteiger partial charge in [0.15, 0.2) is 0 Å². The van der Waals surface area contributed by atoms with Gasteiger partial charge in [0.1, 0.15) is 10.8 Å². The molecule has 1 aromatic carbocycles. The minimum absolute atomic E-state index is 0.189. The lowest BCUT2D eigenvalue weighted by Gasteiger charge is -2.03. The van der Waals surface area contributed by atoms with Crippen molar-refractivity contribution in [3.05, 3.63) is 39.9 Å². The number of aryl methyl sites for hydroxylation is 3. The largest absolute Gasteiger partial charge is 0.300 e. The molecular weight excluding hydrogens is 242 g/mol. The van der Waals surface area contributed by atoms with Crippen molar-refractivity contribution in [2.24, 2.45) is 0 Å². The molecule has 1 heterocycles. The highest BCUT2D eigenvalue weighted by molar-refractivity contribution is 7.15. The van der Waals surface area contributed by atoms with Crippen LogP contribution in [-0.2, 0) is 11.2 Å². The van der Waals surface area contributed by atoms with Crippen molar-refractivity contribution in [2.75, 3.05) is 0 Å². The van der Waals surface area contributed by atoms with Crippen LogP contribution in [0.2, 0.25) is 0 Å². The van der Waals surface area contributed by atoms with Gasteiger partial charge < -0.3 is 0 Å². The second kappa shape index (κ2) is 5.02. The maximum atomic E-state index is 11.2. The van der Waals surface area contributed by atoms with Gasteiger partial charge in [0, 0.05) is 16.9 Å². The van der Waals surface area contributed by atoms with Gasteiger partial charge in [0.2, 0.25) is 0 Å². The van der Waals surface area contributed by atoms with Crippen LogP contribution in [-0.4, -0.2) is 10.8 Å². The van der Waals surface area contributed by atoms with Gasteiger partial charge in [0.25, 0.3) is 0 Å². The van der Waals surface area contributed by atoms with Crippen LogP contribution in [0.3, 0.4) is 0 Å². The molecule has 0 unspecified atom stereocenters. The summed E-state index contributed by atoms with van der Waals surface area (Å²) in [6, 6.07) is 6.38. The molecule has 0 radical (unpaired) electrons. The first-order valence-electron chi connectivity index (χ1n) is 6.00. The average molecular weight is 259 g/mol. The minimum Gasteiger partial charge on any atom is -0.300 e. The standard InChI is InChI=1S/C15H17NOS/c1-9-5-6-10(2)13(7-9)15-16-12(4)14(18-15)8-11(3)17/h5-7H,8H2,1-4H3. The van der Waals surface area contributed by atoms with E-state index in [9.17, 15) is 4.79 Å². The van der Waals surface area contributed by atoms with Crippen molar-refractivity contribution >= 4 is 17.1 Å². The highest BCUT2D eigenvalue weighted by Crippen LogP contribution is 2.31. The number of aromatic nitrogens is 1. The molecule has 2 rings (SSSR count). The van der Waals surface area contributed by atoms with E-state index < -0.39 is 0 Å². The third-order valence-electron chi connectivity index (χ3n) is 2.93. The van der Waals surface area contributed by atoms with Crippen LogP contribution < -0.4 is 0 Å². The first kappa shape index (κ1) is 13.0. The Morgan fingerprint density at radius 3 is 2.67 bits per heavy atom. The first-order chi connectivity index (χ1) is 8.47. The number of hydrogen-bond donors (Lipinski definition) is 0. The van der Waals surface area contributed by atoms with Gasteiger partial charge in [-0.2, -0.15) is 0 Å². The van der Waals surface area contributed by atoms with Gasteiger partial charge in [-0.15, -0.1) is 11.3 Å². The summed E-state index contributed by atoms with van der Waals surface area (Å²) < 4.78 is 0. The van der Waals surface area contributed by atoms with E-state index in [-0.39, 0.29) is 5.78 Å². The second-order valence-corrected chi connectivity index (χ2v) is 5.81. The zero-order valence-corrected chi connectivity index (χ0v) is 12.0.